The van der Waals surface area contributed by atoms with Crippen LogP contribution in [0.3, 0.4) is 0 Å². The van der Waals surface area contributed by atoms with Gasteiger partial charge in [0.25, 0.3) is 0 Å². The second kappa shape index (κ2) is 6.12. The summed E-state index contributed by atoms with van der Waals surface area (Å²) in [6, 6.07) is 0.821. The van der Waals surface area contributed by atoms with Gasteiger partial charge >= 0.3 is 0 Å². The van der Waals surface area contributed by atoms with Crippen LogP contribution in [-0.4, -0.2) is 29.4 Å². The van der Waals surface area contributed by atoms with E-state index in [-0.39, 0.29) is 0 Å². The van der Waals surface area contributed by atoms with Crippen molar-refractivity contribution in [2.75, 3.05) is 18.4 Å². The minimum absolute atomic E-state index is 0.821. The van der Waals surface area contributed by atoms with E-state index in [4.69, 9.17) is 0 Å². The van der Waals surface area contributed by atoms with Crippen molar-refractivity contribution >= 4 is 15.9 Å². The van der Waals surface area contributed by atoms with E-state index in [1.807, 2.05) is 0 Å². The van der Waals surface area contributed by atoms with Gasteiger partial charge in [0.2, 0.25) is 0 Å². The van der Waals surface area contributed by atoms with Gasteiger partial charge in [-0.05, 0) is 44.6 Å². The lowest BCUT2D eigenvalue weighted by atomic mass is 10.1. The minimum Gasteiger partial charge on any atom is -0.300 e. The summed E-state index contributed by atoms with van der Waals surface area (Å²) in [5, 5.41) is 1.15. The standard InChI is InChI=1S/C12H24BrN/c1-10(4-6-13)5-7-14-9-11(2)8-12(14)3/h10-12H,4-9H2,1-3H3. The van der Waals surface area contributed by atoms with Crippen LogP contribution >= 0.6 is 15.9 Å². The fourth-order valence-corrected chi connectivity index (χ4v) is 3.20. The number of hydrogen-bond acceptors (Lipinski definition) is 1. The smallest absolute Gasteiger partial charge is 0.00700 e. The molecule has 84 valence electrons. The second-order valence-electron chi connectivity index (χ2n) is 5.06. The first-order chi connectivity index (χ1) is 6.63. The van der Waals surface area contributed by atoms with Crippen molar-refractivity contribution in [1.82, 2.24) is 4.90 Å². The van der Waals surface area contributed by atoms with Crippen LogP contribution in [0, 0.1) is 11.8 Å². The summed E-state index contributed by atoms with van der Waals surface area (Å²) in [5.41, 5.74) is 0. The Morgan fingerprint density at radius 3 is 2.57 bits per heavy atom. The molecule has 0 saturated carbocycles. The Kier molecular flexibility index (Phi) is 5.47. The van der Waals surface area contributed by atoms with Crippen LogP contribution in [0.1, 0.15) is 40.0 Å². The third-order valence-corrected chi connectivity index (χ3v) is 3.88. The third-order valence-electron chi connectivity index (χ3n) is 3.42. The lowest BCUT2D eigenvalue weighted by Gasteiger charge is -2.22. The van der Waals surface area contributed by atoms with Gasteiger partial charge in [0.05, 0.1) is 0 Å². The van der Waals surface area contributed by atoms with Crippen molar-refractivity contribution in [3.63, 3.8) is 0 Å². The molecular weight excluding hydrogens is 238 g/mol. The fraction of sp³-hybridized carbons (Fsp3) is 1.00. The van der Waals surface area contributed by atoms with Crippen LogP contribution in [-0.2, 0) is 0 Å². The first kappa shape index (κ1) is 12.5. The van der Waals surface area contributed by atoms with E-state index < -0.39 is 0 Å². The van der Waals surface area contributed by atoms with Crippen molar-refractivity contribution in [1.29, 1.82) is 0 Å². The topological polar surface area (TPSA) is 3.24 Å². The molecule has 0 radical (unpaired) electrons. The highest BCUT2D eigenvalue weighted by Crippen LogP contribution is 2.23. The molecule has 2 heteroatoms. The lowest BCUT2D eigenvalue weighted by Crippen LogP contribution is -2.29. The first-order valence-electron chi connectivity index (χ1n) is 5.93. The average molecular weight is 262 g/mol. The van der Waals surface area contributed by atoms with Crippen LogP contribution in [0.25, 0.3) is 0 Å². The Balaban J connectivity index is 2.18. The Bertz CT molecular complexity index is 160. The predicted molar refractivity (Wildman–Crippen MR) is 67.0 cm³/mol. The molecule has 1 nitrogen and oxygen atoms in total. The molecule has 1 aliphatic heterocycles. The molecule has 0 aromatic rings. The fourth-order valence-electron chi connectivity index (χ4n) is 2.41. The van der Waals surface area contributed by atoms with Crippen molar-refractivity contribution < 1.29 is 0 Å². The number of rotatable bonds is 5. The number of nitrogens with zero attached hydrogens (tertiary/aromatic N) is 1. The summed E-state index contributed by atoms with van der Waals surface area (Å²) >= 11 is 3.51. The van der Waals surface area contributed by atoms with Gasteiger partial charge in [0.15, 0.2) is 0 Å². The Labute approximate surface area is 97.4 Å². The zero-order chi connectivity index (χ0) is 10.6. The van der Waals surface area contributed by atoms with Gasteiger partial charge in [-0.1, -0.05) is 29.8 Å². The third kappa shape index (κ3) is 3.90. The molecule has 0 spiro atoms. The number of alkyl halides is 1. The van der Waals surface area contributed by atoms with Crippen molar-refractivity contribution in [2.24, 2.45) is 11.8 Å². The first-order valence-corrected chi connectivity index (χ1v) is 7.05. The van der Waals surface area contributed by atoms with Crippen molar-refractivity contribution in [2.45, 2.75) is 46.1 Å². The highest BCUT2D eigenvalue weighted by atomic mass is 79.9. The van der Waals surface area contributed by atoms with Crippen LogP contribution in [0.5, 0.6) is 0 Å². The van der Waals surface area contributed by atoms with Gasteiger partial charge in [-0.2, -0.15) is 0 Å². The molecule has 3 atom stereocenters. The zero-order valence-electron chi connectivity index (χ0n) is 9.80. The molecule has 0 aromatic carbocycles. The summed E-state index contributed by atoms with van der Waals surface area (Å²) < 4.78 is 0. The molecule has 0 N–H and O–H groups in total. The molecule has 0 amide bonds. The largest absolute Gasteiger partial charge is 0.300 e. The average Bonchev–Trinajstić information content (AvgIpc) is 2.42. The summed E-state index contributed by atoms with van der Waals surface area (Å²) in [6.07, 6.45) is 4.08. The van der Waals surface area contributed by atoms with Gasteiger partial charge in [-0.15, -0.1) is 0 Å². The maximum atomic E-state index is 3.51. The molecule has 1 heterocycles. The molecule has 0 bridgehead atoms. The highest BCUT2D eigenvalue weighted by Gasteiger charge is 2.25. The van der Waals surface area contributed by atoms with E-state index in [0.29, 0.717) is 0 Å². The minimum atomic E-state index is 0.821. The van der Waals surface area contributed by atoms with Gasteiger partial charge in [-0.3, -0.25) is 0 Å². The number of halogens is 1. The van der Waals surface area contributed by atoms with E-state index >= 15 is 0 Å². The summed E-state index contributed by atoms with van der Waals surface area (Å²) in [5.74, 6) is 1.79. The van der Waals surface area contributed by atoms with Crippen LogP contribution in [0.15, 0.2) is 0 Å². The van der Waals surface area contributed by atoms with Crippen LogP contribution < -0.4 is 0 Å². The van der Waals surface area contributed by atoms with Crippen LogP contribution in [0.2, 0.25) is 0 Å². The van der Waals surface area contributed by atoms with Gasteiger partial charge in [0.1, 0.15) is 0 Å². The van der Waals surface area contributed by atoms with Gasteiger partial charge in [-0.25, -0.2) is 0 Å². The molecule has 1 rings (SSSR count). The Morgan fingerprint density at radius 1 is 1.36 bits per heavy atom. The summed E-state index contributed by atoms with van der Waals surface area (Å²) in [7, 11) is 0. The van der Waals surface area contributed by atoms with Gasteiger partial charge in [0, 0.05) is 17.9 Å². The maximum Gasteiger partial charge on any atom is 0.00700 e. The molecule has 14 heavy (non-hydrogen) atoms. The molecule has 3 unspecified atom stereocenters. The molecule has 1 saturated heterocycles. The molecule has 0 aromatic heterocycles. The normalized spacial score (nSPS) is 30.9. The molecular formula is C12H24BrN. The molecule has 1 fully saturated rings. The number of likely N-dealkylation sites (tertiary alicyclic amines) is 1. The predicted octanol–water partition coefficient (Wildman–Crippen LogP) is 3.53. The monoisotopic (exact) mass is 261 g/mol. The number of hydrogen-bond donors (Lipinski definition) is 0. The lowest BCUT2D eigenvalue weighted by molar-refractivity contribution is 0.245. The zero-order valence-corrected chi connectivity index (χ0v) is 11.4. The summed E-state index contributed by atoms with van der Waals surface area (Å²) in [4.78, 5) is 2.66. The van der Waals surface area contributed by atoms with E-state index in [9.17, 15) is 0 Å². The van der Waals surface area contributed by atoms with E-state index in [1.54, 1.807) is 0 Å². The quantitative estimate of drug-likeness (QED) is 0.685. The van der Waals surface area contributed by atoms with E-state index in [2.05, 4.69) is 41.6 Å². The highest BCUT2D eigenvalue weighted by molar-refractivity contribution is 9.09. The Hall–Kier alpha value is 0.440. The van der Waals surface area contributed by atoms with E-state index in [0.717, 1.165) is 23.2 Å². The van der Waals surface area contributed by atoms with E-state index in [1.165, 1.54) is 32.4 Å². The maximum absolute atomic E-state index is 3.51. The van der Waals surface area contributed by atoms with Crippen LogP contribution in [0.4, 0.5) is 0 Å². The van der Waals surface area contributed by atoms with Crippen molar-refractivity contribution in [3.8, 4) is 0 Å². The SMILES string of the molecule is CC(CCBr)CCN1CC(C)CC1C. The molecule has 0 aliphatic carbocycles. The molecule has 1 aliphatic rings. The summed E-state index contributed by atoms with van der Waals surface area (Å²) in [6.45, 7) is 9.74. The van der Waals surface area contributed by atoms with Crippen molar-refractivity contribution in [3.05, 3.63) is 0 Å². The Morgan fingerprint density at radius 2 is 2.07 bits per heavy atom. The van der Waals surface area contributed by atoms with Gasteiger partial charge < -0.3 is 4.90 Å². The second-order valence-corrected chi connectivity index (χ2v) is 5.85.